The SMILES string of the molecule is CCNC(=NCc1ccc(CN2CCCCC2)cc1)NCC1CCCN(C(C)C)C1.I. The molecule has 2 saturated heterocycles. The van der Waals surface area contributed by atoms with Crippen LogP contribution in [-0.4, -0.2) is 61.1 Å². The van der Waals surface area contributed by atoms with E-state index in [0.29, 0.717) is 12.0 Å². The van der Waals surface area contributed by atoms with E-state index in [1.165, 1.54) is 69.4 Å². The lowest BCUT2D eigenvalue weighted by atomic mass is 9.97. The summed E-state index contributed by atoms with van der Waals surface area (Å²) in [4.78, 5) is 10.0. The first-order valence-corrected chi connectivity index (χ1v) is 12.2. The number of hydrogen-bond donors (Lipinski definition) is 2. The highest BCUT2D eigenvalue weighted by Gasteiger charge is 2.21. The van der Waals surface area contributed by atoms with E-state index in [1.807, 2.05) is 0 Å². The van der Waals surface area contributed by atoms with E-state index in [1.54, 1.807) is 0 Å². The molecule has 0 saturated carbocycles. The summed E-state index contributed by atoms with van der Waals surface area (Å²) in [5.41, 5.74) is 2.69. The molecule has 2 N–H and O–H groups in total. The summed E-state index contributed by atoms with van der Waals surface area (Å²) in [5, 5.41) is 7.00. The largest absolute Gasteiger partial charge is 0.357 e. The zero-order valence-corrected chi connectivity index (χ0v) is 22.2. The average Bonchev–Trinajstić information content (AvgIpc) is 2.77. The van der Waals surface area contributed by atoms with Crippen molar-refractivity contribution in [2.24, 2.45) is 10.9 Å². The van der Waals surface area contributed by atoms with Gasteiger partial charge in [0, 0.05) is 32.2 Å². The molecule has 3 rings (SSSR count). The number of likely N-dealkylation sites (tertiary alicyclic amines) is 2. The van der Waals surface area contributed by atoms with Crippen molar-refractivity contribution >= 4 is 29.9 Å². The zero-order chi connectivity index (χ0) is 21.2. The number of nitrogens with zero attached hydrogens (tertiary/aromatic N) is 3. The number of rotatable bonds is 8. The zero-order valence-electron chi connectivity index (χ0n) is 19.9. The maximum absolute atomic E-state index is 4.84. The molecule has 2 heterocycles. The molecule has 2 aliphatic rings. The van der Waals surface area contributed by atoms with Crippen LogP contribution in [0.15, 0.2) is 29.3 Å². The normalized spacial score (nSPS) is 21.0. The molecular weight excluding hydrogens is 497 g/mol. The molecule has 2 fully saturated rings. The molecule has 0 aliphatic carbocycles. The molecule has 0 spiro atoms. The second-order valence-corrected chi connectivity index (χ2v) is 9.33. The molecule has 176 valence electrons. The topological polar surface area (TPSA) is 42.9 Å². The summed E-state index contributed by atoms with van der Waals surface area (Å²) in [6, 6.07) is 9.69. The first-order chi connectivity index (χ1) is 14.6. The molecule has 6 heteroatoms. The Morgan fingerprint density at radius 1 is 1.00 bits per heavy atom. The fourth-order valence-electron chi connectivity index (χ4n) is 4.61. The minimum atomic E-state index is 0. The number of benzene rings is 1. The maximum Gasteiger partial charge on any atom is 0.191 e. The van der Waals surface area contributed by atoms with Crippen LogP contribution in [0.1, 0.15) is 64.0 Å². The number of piperidine rings is 2. The molecular formula is C25H44IN5. The summed E-state index contributed by atoms with van der Waals surface area (Å²) in [6.07, 6.45) is 6.72. The van der Waals surface area contributed by atoms with Gasteiger partial charge >= 0.3 is 0 Å². The Morgan fingerprint density at radius 3 is 2.39 bits per heavy atom. The van der Waals surface area contributed by atoms with Gasteiger partial charge in [0.25, 0.3) is 0 Å². The van der Waals surface area contributed by atoms with Gasteiger partial charge in [-0.1, -0.05) is 30.7 Å². The Kier molecular flexibility index (Phi) is 12.2. The van der Waals surface area contributed by atoms with Crippen LogP contribution < -0.4 is 10.6 Å². The molecule has 0 bridgehead atoms. The van der Waals surface area contributed by atoms with Crippen molar-refractivity contribution < 1.29 is 0 Å². The van der Waals surface area contributed by atoms with E-state index >= 15 is 0 Å². The van der Waals surface area contributed by atoms with Crippen LogP contribution >= 0.6 is 24.0 Å². The quantitative estimate of drug-likeness (QED) is 0.290. The van der Waals surface area contributed by atoms with Gasteiger partial charge in [-0.15, -0.1) is 24.0 Å². The molecule has 2 aliphatic heterocycles. The summed E-state index contributed by atoms with van der Waals surface area (Å²) < 4.78 is 0. The van der Waals surface area contributed by atoms with Crippen molar-refractivity contribution in [2.75, 3.05) is 39.3 Å². The summed E-state index contributed by atoms with van der Waals surface area (Å²) in [6.45, 7) is 15.4. The van der Waals surface area contributed by atoms with E-state index < -0.39 is 0 Å². The third kappa shape index (κ3) is 9.26. The van der Waals surface area contributed by atoms with E-state index in [0.717, 1.165) is 32.1 Å². The van der Waals surface area contributed by atoms with Crippen LogP contribution in [0.3, 0.4) is 0 Å². The minimum absolute atomic E-state index is 0. The summed E-state index contributed by atoms with van der Waals surface area (Å²) >= 11 is 0. The number of hydrogen-bond acceptors (Lipinski definition) is 3. The van der Waals surface area contributed by atoms with Crippen LogP contribution in [0.2, 0.25) is 0 Å². The Bertz CT molecular complexity index is 640. The lowest BCUT2D eigenvalue weighted by molar-refractivity contribution is 0.141. The molecule has 1 aromatic carbocycles. The summed E-state index contributed by atoms with van der Waals surface area (Å²) in [5.74, 6) is 1.65. The van der Waals surface area contributed by atoms with Crippen LogP contribution in [0, 0.1) is 5.92 Å². The fraction of sp³-hybridized carbons (Fsp3) is 0.720. The standard InChI is InChI=1S/C25H43N5.HI/c1-4-26-25(28-18-24-9-8-16-30(20-24)21(2)3)27-17-22-10-12-23(13-11-22)19-29-14-6-5-7-15-29;/h10-13,21,24H,4-9,14-20H2,1-3H3,(H2,26,27,28);1H. The third-order valence-electron chi connectivity index (χ3n) is 6.48. The highest BCUT2D eigenvalue weighted by molar-refractivity contribution is 14.0. The van der Waals surface area contributed by atoms with Gasteiger partial charge in [0.1, 0.15) is 0 Å². The van der Waals surface area contributed by atoms with Crippen molar-refractivity contribution in [3.63, 3.8) is 0 Å². The molecule has 0 radical (unpaired) electrons. The lowest BCUT2D eigenvalue weighted by Crippen LogP contribution is -2.46. The van der Waals surface area contributed by atoms with Crippen LogP contribution in [0.25, 0.3) is 0 Å². The molecule has 31 heavy (non-hydrogen) atoms. The Balaban J connectivity index is 0.00000341. The first-order valence-electron chi connectivity index (χ1n) is 12.2. The van der Waals surface area contributed by atoms with E-state index in [9.17, 15) is 0 Å². The van der Waals surface area contributed by atoms with Gasteiger partial charge in [0.05, 0.1) is 6.54 Å². The molecule has 1 unspecified atom stereocenters. The van der Waals surface area contributed by atoms with Gasteiger partial charge in [-0.2, -0.15) is 0 Å². The Hall–Kier alpha value is -0.860. The van der Waals surface area contributed by atoms with Gasteiger partial charge < -0.3 is 15.5 Å². The lowest BCUT2D eigenvalue weighted by Gasteiger charge is -2.35. The van der Waals surface area contributed by atoms with Crippen molar-refractivity contribution in [1.82, 2.24) is 20.4 Å². The maximum atomic E-state index is 4.84. The second kappa shape index (κ2) is 14.3. The molecule has 1 aromatic rings. The van der Waals surface area contributed by atoms with Crippen molar-refractivity contribution in [1.29, 1.82) is 0 Å². The first kappa shape index (κ1) is 26.4. The van der Waals surface area contributed by atoms with E-state index in [2.05, 4.69) is 65.5 Å². The highest BCUT2D eigenvalue weighted by Crippen LogP contribution is 2.18. The number of halogens is 1. The molecule has 5 nitrogen and oxygen atoms in total. The van der Waals surface area contributed by atoms with Gasteiger partial charge in [-0.05, 0) is 83.1 Å². The van der Waals surface area contributed by atoms with E-state index in [-0.39, 0.29) is 24.0 Å². The number of nitrogens with one attached hydrogen (secondary N) is 2. The smallest absolute Gasteiger partial charge is 0.191 e. The van der Waals surface area contributed by atoms with Crippen LogP contribution in [0.4, 0.5) is 0 Å². The predicted octanol–water partition coefficient (Wildman–Crippen LogP) is 4.47. The third-order valence-corrected chi connectivity index (χ3v) is 6.48. The Labute approximate surface area is 207 Å². The molecule has 1 atom stereocenters. The predicted molar refractivity (Wildman–Crippen MR) is 143 cm³/mol. The van der Waals surface area contributed by atoms with Crippen LogP contribution in [-0.2, 0) is 13.1 Å². The fourth-order valence-corrected chi connectivity index (χ4v) is 4.61. The van der Waals surface area contributed by atoms with Crippen LogP contribution in [0.5, 0.6) is 0 Å². The number of guanidine groups is 1. The minimum Gasteiger partial charge on any atom is -0.357 e. The van der Waals surface area contributed by atoms with Gasteiger partial charge in [0.2, 0.25) is 0 Å². The van der Waals surface area contributed by atoms with Gasteiger partial charge in [-0.25, -0.2) is 4.99 Å². The Morgan fingerprint density at radius 2 is 1.71 bits per heavy atom. The van der Waals surface area contributed by atoms with Gasteiger partial charge in [0.15, 0.2) is 5.96 Å². The molecule has 0 aromatic heterocycles. The van der Waals surface area contributed by atoms with Crippen molar-refractivity contribution in [3.8, 4) is 0 Å². The monoisotopic (exact) mass is 541 g/mol. The number of aliphatic imine (C=N–C) groups is 1. The van der Waals surface area contributed by atoms with Crippen molar-refractivity contribution in [2.45, 2.75) is 72.0 Å². The average molecular weight is 542 g/mol. The van der Waals surface area contributed by atoms with Gasteiger partial charge in [-0.3, -0.25) is 4.90 Å². The summed E-state index contributed by atoms with van der Waals surface area (Å²) in [7, 11) is 0. The molecule has 0 amide bonds. The van der Waals surface area contributed by atoms with E-state index in [4.69, 9.17) is 4.99 Å². The van der Waals surface area contributed by atoms with Crippen molar-refractivity contribution in [3.05, 3.63) is 35.4 Å². The highest BCUT2D eigenvalue weighted by atomic mass is 127. The second-order valence-electron chi connectivity index (χ2n) is 9.33.